The Kier molecular flexibility index (Phi) is 7.01. The highest BCUT2D eigenvalue weighted by Gasteiger charge is 2.16. The molecule has 0 unspecified atom stereocenters. The number of hydrogen-bond donors (Lipinski definition) is 1. The van der Waals surface area contributed by atoms with Crippen molar-refractivity contribution >= 4 is 51.3 Å². The summed E-state index contributed by atoms with van der Waals surface area (Å²) < 4.78 is 25.9. The average Bonchev–Trinajstić information content (AvgIpc) is 3.40. The Balaban J connectivity index is 1.28. The van der Waals surface area contributed by atoms with Gasteiger partial charge in [0.15, 0.2) is 12.4 Å². The van der Waals surface area contributed by atoms with Gasteiger partial charge in [0, 0.05) is 16.1 Å². The molecule has 41 heavy (non-hydrogen) atoms. The molecule has 10 heteroatoms. The Morgan fingerprint density at radius 3 is 2.71 bits per heavy atom. The summed E-state index contributed by atoms with van der Waals surface area (Å²) in [5.41, 5.74) is 1.80. The van der Waals surface area contributed by atoms with Gasteiger partial charge in [-0.05, 0) is 78.4 Å². The number of fused-ring (bicyclic) bond motifs is 2. The third-order valence-corrected chi connectivity index (χ3v) is 6.37. The van der Waals surface area contributed by atoms with Crippen LogP contribution in [0.2, 0.25) is 5.02 Å². The Hall–Kier alpha value is -5.28. The zero-order valence-corrected chi connectivity index (χ0v) is 22.0. The minimum Gasteiger partial charge on any atom is -0.484 e. The van der Waals surface area contributed by atoms with Crippen molar-refractivity contribution in [3.05, 3.63) is 124 Å². The molecular formula is C31H20ClFN4O4. The lowest BCUT2D eigenvalue weighted by atomic mass is 10.2. The van der Waals surface area contributed by atoms with E-state index in [9.17, 15) is 14.0 Å². The van der Waals surface area contributed by atoms with Gasteiger partial charge in [-0.3, -0.25) is 9.59 Å². The number of rotatable bonds is 7. The van der Waals surface area contributed by atoms with Crippen LogP contribution in [0.5, 0.6) is 5.75 Å². The van der Waals surface area contributed by atoms with Crippen molar-refractivity contribution in [2.75, 3.05) is 11.9 Å². The molecule has 6 aromatic rings. The highest BCUT2D eigenvalue weighted by molar-refractivity contribution is 6.31. The highest BCUT2D eigenvalue weighted by Crippen LogP contribution is 2.29. The lowest BCUT2D eigenvalue weighted by Crippen LogP contribution is -2.20. The molecular weight excluding hydrogens is 547 g/mol. The third-order valence-electron chi connectivity index (χ3n) is 6.13. The SMILES string of the molecule is O=C(COc1cccc(C=Nn2c(-c3cc4cc(Cl)ccc4o3)nc3ccccc3c2=O)c1)Nc1ccc(F)cc1. The number of hydrogen-bond acceptors (Lipinski definition) is 6. The van der Waals surface area contributed by atoms with E-state index in [4.69, 9.17) is 20.8 Å². The normalized spacial score (nSPS) is 11.4. The zero-order valence-electron chi connectivity index (χ0n) is 21.3. The topological polar surface area (TPSA) is 98.7 Å². The number of anilines is 1. The van der Waals surface area contributed by atoms with Crippen molar-refractivity contribution in [3.8, 4) is 17.3 Å². The van der Waals surface area contributed by atoms with Crippen molar-refractivity contribution < 1.29 is 18.3 Å². The van der Waals surface area contributed by atoms with Gasteiger partial charge in [-0.25, -0.2) is 9.37 Å². The lowest BCUT2D eigenvalue weighted by Gasteiger charge is -2.09. The Morgan fingerprint density at radius 1 is 1.02 bits per heavy atom. The molecule has 0 aliphatic rings. The van der Waals surface area contributed by atoms with Crippen LogP contribution >= 0.6 is 11.6 Å². The molecule has 0 aliphatic heterocycles. The van der Waals surface area contributed by atoms with Crippen molar-refractivity contribution in [2.45, 2.75) is 0 Å². The average molecular weight is 567 g/mol. The third kappa shape index (κ3) is 5.70. The van der Waals surface area contributed by atoms with Crippen molar-refractivity contribution in [1.82, 2.24) is 9.66 Å². The minimum atomic E-state index is -0.402. The smallest absolute Gasteiger partial charge is 0.282 e. The summed E-state index contributed by atoms with van der Waals surface area (Å²) >= 11 is 6.14. The summed E-state index contributed by atoms with van der Waals surface area (Å²) in [5, 5.41) is 8.81. The van der Waals surface area contributed by atoms with E-state index in [1.807, 2.05) is 0 Å². The molecule has 4 aromatic carbocycles. The number of benzene rings is 4. The van der Waals surface area contributed by atoms with Gasteiger partial charge in [0.1, 0.15) is 17.1 Å². The maximum atomic E-state index is 13.5. The summed E-state index contributed by atoms with van der Waals surface area (Å²) in [6.45, 7) is -0.258. The van der Waals surface area contributed by atoms with E-state index < -0.39 is 11.7 Å². The van der Waals surface area contributed by atoms with Crippen molar-refractivity contribution in [1.29, 1.82) is 0 Å². The van der Waals surface area contributed by atoms with E-state index >= 15 is 0 Å². The van der Waals surface area contributed by atoms with Crippen molar-refractivity contribution in [2.24, 2.45) is 5.10 Å². The first-order valence-electron chi connectivity index (χ1n) is 12.5. The van der Waals surface area contributed by atoms with E-state index in [2.05, 4.69) is 15.4 Å². The second-order valence-corrected chi connectivity index (χ2v) is 9.46. The predicted octanol–water partition coefficient (Wildman–Crippen LogP) is 6.50. The second-order valence-electron chi connectivity index (χ2n) is 9.02. The predicted molar refractivity (Wildman–Crippen MR) is 156 cm³/mol. The van der Waals surface area contributed by atoms with Crippen LogP contribution in [0.1, 0.15) is 5.56 Å². The molecule has 2 aromatic heterocycles. The number of carbonyl (C=O) groups is 1. The van der Waals surface area contributed by atoms with Crippen LogP contribution in [-0.4, -0.2) is 28.4 Å². The maximum Gasteiger partial charge on any atom is 0.282 e. The highest BCUT2D eigenvalue weighted by atomic mass is 35.5. The summed E-state index contributed by atoms with van der Waals surface area (Å²) in [6.07, 6.45) is 1.49. The van der Waals surface area contributed by atoms with Gasteiger partial charge in [0.2, 0.25) is 5.82 Å². The van der Waals surface area contributed by atoms with Crippen molar-refractivity contribution in [3.63, 3.8) is 0 Å². The number of para-hydroxylation sites is 1. The molecule has 1 amide bonds. The number of nitrogens with zero attached hydrogens (tertiary/aromatic N) is 3. The fourth-order valence-corrected chi connectivity index (χ4v) is 4.38. The number of nitrogens with one attached hydrogen (secondary N) is 1. The van der Waals surface area contributed by atoms with Gasteiger partial charge < -0.3 is 14.5 Å². The maximum absolute atomic E-state index is 13.5. The van der Waals surface area contributed by atoms with E-state index in [1.54, 1.807) is 72.8 Å². The van der Waals surface area contributed by atoms with E-state index in [1.165, 1.54) is 35.2 Å². The number of amides is 1. The number of furan rings is 1. The van der Waals surface area contributed by atoms with Crippen LogP contribution in [0, 0.1) is 5.82 Å². The molecule has 0 saturated heterocycles. The van der Waals surface area contributed by atoms with Crippen LogP contribution in [0.4, 0.5) is 10.1 Å². The summed E-state index contributed by atoms with van der Waals surface area (Å²) in [6, 6.07) is 26.3. The molecule has 0 bridgehead atoms. The molecule has 2 heterocycles. The molecule has 0 fully saturated rings. The van der Waals surface area contributed by atoms with E-state index in [-0.39, 0.29) is 18.0 Å². The number of carbonyl (C=O) groups excluding carboxylic acids is 1. The first kappa shape index (κ1) is 26.0. The fourth-order valence-electron chi connectivity index (χ4n) is 4.20. The fraction of sp³-hybridized carbons (Fsp3) is 0.0323. The minimum absolute atomic E-state index is 0.224. The van der Waals surface area contributed by atoms with Gasteiger partial charge in [0.05, 0.1) is 17.1 Å². The number of aromatic nitrogens is 2. The summed E-state index contributed by atoms with van der Waals surface area (Å²) in [7, 11) is 0. The Morgan fingerprint density at radius 2 is 1.85 bits per heavy atom. The van der Waals surface area contributed by atoms with Gasteiger partial charge >= 0.3 is 0 Å². The molecule has 0 atom stereocenters. The van der Waals surface area contributed by atoms with Gasteiger partial charge in [-0.15, -0.1) is 0 Å². The molecule has 0 spiro atoms. The first-order valence-corrected chi connectivity index (χ1v) is 12.8. The van der Waals surface area contributed by atoms with E-state index in [0.29, 0.717) is 44.3 Å². The number of ether oxygens (including phenoxy) is 1. The Labute approximate surface area is 237 Å². The lowest BCUT2D eigenvalue weighted by molar-refractivity contribution is -0.118. The number of halogens is 2. The quantitative estimate of drug-likeness (QED) is 0.222. The molecule has 8 nitrogen and oxygen atoms in total. The molecule has 0 radical (unpaired) electrons. The summed E-state index contributed by atoms with van der Waals surface area (Å²) in [5.74, 6) is 0.200. The summed E-state index contributed by atoms with van der Waals surface area (Å²) in [4.78, 5) is 30.4. The monoisotopic (exact) mass is 566 g/mol. The first-order chi connectivity index (χ1) is 19.9. The molecule has 202 valence electrons. The van der Waals surface area contributed by atoms with Gasteiger partial charge in [-0.1, -0.05) is 35.9 Å². The zero-order chi connectivity index (χ0) is 28.3. The molecule has 0 saturated carbocycles. The largest absolute Gasteiger partial charge is 0.484 e. The van der Waals surface area contributed by atoms with Gasteiger partial charge in [0.25, 0.3) is 11.5 Å². The van der Waals surface area contributed by atoms with Crippen LogP contribution in [0.15, 0.2) is 111 Å². The van der Waals surface area contributed by atoms with E-state index in [0.717, 1.165) is 5.39 Å². The van der Waals surface area contributed by atoms with Crippen LogP contribution in [0.25, 0.3) is 33.5 Å². The van der Waals surface area contributed by atoms with Crippen LogP contribution < -0.4 is 15.6 Å². The standard InChI is InChI=1S/C31H20ClFN4O4/c32-21-8-13-27-20(15-21)16-28(41-27)30-36-26-7-2-1-6-25(26)31(39)37(30)34-17-19-4-3-5-24(14-19)40-18-29(38)35-23-11-9-22(33)10-12-23/h1-17H,18H2,(H,35,38). The van der Waals surface area contributed by atoms with Crippen LogP contribution in [0.3, 0.4) is 0 Å². The molecule has 1 N–H and O–H groups in total. The Bertz CT molecular complexity index is 2000. The van der Waals surface area contributed by atoms with Crippen LogP contribution in [-0.2, 0) is 4.79 Å². The second kappa shape index (κ2) is 11.1. The molecule has 6 rings (SSSR count). The van der Waals surface area contributed by atoms with Gasteiger partial charge in [-0.2, -0.15) is 9.78 Å². The molecule has 0 aliphatic carbocycles.